The molecule has 2 saturated carbocycles. The SMILES string of the molecule is Cc1ccc([I-]c2ccc(OCC(=O)OC3CC(COC(=O)C4CCC5OC5C4)CCC3OCOCCOn3c4ccccc4c4ccccc43)cc2)cc1. The second-order valence-corrected chi connectivity index (χ2v) is 17.6. The van der Waals surface area contributed by atoms with Gasteiger partial charge in [-0.3, -0.25) is 4.79 Å². The molecule has 6 unspecified atom stereocenters. The van der Waals surface area contributed by atoms with E-state index in [0.29, 0.717) is 37.9 Å². The normalized spacial score (nSPS) is 23.3. The van der Waals surface area contributed by atoms with Crippen LogP contribution in [0.4, 0.5) is 0 Å². The first-order valence-corrected chi connectivity index (χ1v) is 21.4. The fourth-order valence-corrected chi connectivity index (χ4v) is 9.81. The minimum atomic E-state index is -0.539. The third kappa shape index (κ3) is 9.62. The maximum atomic E-state index is 13.1. The summed E-state index contributed by atoms with van der Waals surface area (Å²) >= 11 is -0.302. The van der Waals surface area contributed by atoms with Gasteiger partial charge in [-0.05, 0) is 31.4 Å². The van der Waals surface area contributed by atoms with E-state index in [4.69, 9.17) is 33.3 Å². The van der Waals surface area contributed by atoms with Crippen molar-refractivity contribution in [2.24, 2.45) is 11.8 Å². The summed E-state index contributed by atoms with van der Waals surface area (Å²) in [6, 6.07) is 32.9. The van der Waals surface area contributed by atoms with Gasteiger partial charge in [0, 0.05) is 10.8 Å². The number of hydrogen-bond acceptors (Lipinski definition) is 9. The molecule has 4 aromatic carbocycles. The summed E-state index contributed by atoms with van der Waals surface area (Å²) in [5.41, 5.74) is 3.24. The van der Waals surface area contributed by atoms with Crippen LogP contribution in [-0.4, -0.2) is 74.3 Å². The summed E-state index contributed by atoms with van der Waals surface area (Å²) in [5, 5.41) is 2.26. The minimum absolute atomic E-state index is 0.0227. The van der Waals surface area contributed by atoms with Gasteiger partial charge >= 0.3 is 183 Å². The van der Waals surface area contributed by atoms with Gasteiger partial charge in [0.1, 0.15) is 6.61 Å². The van der Waals surface area contributed by atoms with Gasteiger partial charge in [-0.2, -0.15) is 4.73 Å². The van der Waals surface area contributed by atoms with Gasteiger partial charge in [-0.25, -0.2) is 0 Å². The van der Waals surface area contributed by atoms with Crippen LogP contribution in [0.2, 0.25) is 0 Å². The van der Waals surface area contributed by atoms with Crippen LogP contribution in [0.5, 0.6) is 5.75 Å². The molecule has 2 heterocycles. The van der Waals surface area contributed by atoms with Gasteiger partial charge in [-0.1, -0.05) is 36.4 Å². The van der Waals surface area contributed by atoms with Gasteiger partial charge in [-0.15, -0.1) is 0 Å². The zero-order valence-electron chi connectivity index (χ0n) is 31.0. The zero-order valence-corrected chi connectivity index (χ0v) is 33.1. The quantitative estimate of drug-likeness (QED) is 0.0481. The number of rotatable bonds is 16. The fourth-order valence-electron chi connectivity index (χ4n) is 7.66. The molecule has 3 fully saturated rings. The van der Waals surface area contributed by atoms with E-state index in [0.717, 1.165) is 47.5 Å². The maximum absolute atomic E-state index is 13.1. The Morgan fingerprint density at radius 3 is 2.20 bits per heavy atom. The molecule has 0 spiro atoms. The molecule has 5 aromatic rings. The first-order valence-electron chi connectivity index (χ1n) is 19.2. The topological polar surface area (TPSA) is 107 Å². The number of carbonyl (C=O) groups excluding carboxylic acids is 2. The molecule has 3 aliphatic rings. The molecule has 0 amide bonds. The van der Waals surface area contributed by atoms with Crippen molar-refractivity contribution in [2.45, 2.75) is 69.9 Å². The Morgan fingerprint density at radius 2 is 1.47 bits per heavy atom. The van der Waals surface area contributed by atoms with Gasteiger partial charge in [0.2, 0.25) is 0 Å². The Bertz CT molecular complexity index is 2010. The first kappa shape index (κ1) is 37.7. The Morgan fingerprint density at radius 1 is 0.764 bits per heavy atom. The van der Waals surface area contributed by atoms with Crippen molar-refractivity contribution < 1.29 is 64.1 Å². The molecule has 1 aliphatic heterocycles. The number of ether oxygens (including phenoxy) is 6. The number of aromatic nitrogens is 1. The van der Waals surface area contributed by atoms with E-state index in [1.54, 1.807) is 0 Å². The van der Waals surface area contributed by atoms with E-state index in [1.807, 2.05) is 53.3 Å². The number of carbonyl (C=O) groups is 2. The predicted molar refractivity (Wildman–Crippen MR) is 201 cm³/mol. The molecule has 1 aromatic heterocycles. The van der Waals surface area contributed by atoms with E-state index in [2.05, 4.69) is 55.5 Å². The predicted octanol–water partition coefficient (Wildman–Crippen LogP) is 3.92. The van der Waals surface area contributed by atoms with Crippen molar-refractivity contribution in [3.63, 3.8) is 0 Å². The van der Waals surface area contributed by atoms with Crippen molar-refractivity contribution in [2.75, 3.05) is 33.2 Å². The first-order chi connectivity index (χ1) is 27.0. The molecule has 1 saturated heterocycles. The number of hydrogen-bond donors (Lipinski definition) is 0. The average Bonchev–Trinajstić information content (AvgIpc) is 3.93. The third-order valence-corrected chi connectivity index (χ3v) is 13.4. The summed E-state index contributed by atoms with van der Waals surface area (Å²) in [6.45, 7) is 2.81. The van der Waals surface area contributed by atoms with Gasteiger partial charge in [0.25, 0.3) is 0 Å². The van der Waals surface area contributed by atoms with E-state index in [9.17, 15) is 9.59 Å². The summed E-state index contributed by atoms with van der Waals surface area (Å²) in [4.78, 5) is 32.2. The van der Waals surface area contributed by atoms with Crippen molar-refractivity contribution >= 4 is 33.7 Å². The van der Waals surface area contributed by atoms with Crippen LogP contribution in [0.1, 0.15) is 44.1 Å². The molecule has 2 aliphatic carbocycles. The molecule has 290 valence electrons. The Labute approximate surface area is 331 Å². The van der Waals surface area contributed by atoms with Crippen LogP contribution in [0.3, 0.4) is 0 Å². The molecular formula is C44H47INO9-. The summed E-state index contributed by atoms with van der Waals surface area (Å²) < 4.78 is 39.7. The molecule has 10 nitrogen and oxygen atoms in total. The molecule has 11 heteroatoms. The molecule has 0 radical (unpaired) electrons. The van der Waals surface area contributed by atoms with Gasteiger partial charge in [0.15, 0.2) is 0 Å². The van der Waals surface area contributed by atoms with Crippen molar-refractivity contribution in [3.05, 3.63) is 110 Å². The molecule has 0 bridgehead atoms. The van der Waals surface area contributed by atoms with Gasteiger partial charge in [0.05, 0.1) is 35.8 Å². The van der Waals surface area contributed by atoms with E-state index >= 15 is 0 Å². The Kier molecular flexibility index (Phi) is 12.2. The molecule has 6 atom stereocenters. The number of aryl methyl sites for hydroxylation is 1. The van der Waals surface area contributed by atoms with Crippen LogP contribution in [0.15, 0.2) is 97.1 Å². The van der Waals surface area contributed by atoms with Crippen LogP contribution < -0.4 is 30.8 Å². The number of para-hydroxylation sites is 2. The van der Waals surface area contributed by atoms with E-state index < -0.39 is 12.1 Å². The van der Waals surface area contributed by atoms with Crippen molar-refractivity contribution in [3.8, 4) is 5.75 Å². The number of epoxide rings is 1. The van der Waals surface area contributed by atoms with Gasteiger partial charge < -0.3 is 19.0 Å². The van der Waals surface area contributed by atoms with Crippen LogP contribution in [0.25, 0.3) is 21.8 Å². The number of esters is 2. The third-order valence-electron chi connectivity index (χ3n) is 10.7. The monoisotopic (exact) mass is 860 g/mol. The number of fused-ring (bicyclic) bond motifs is 4. The Hall–Kier alpha value is -4.17. The second kappa shape index (κ2) is 17.7. The van der Waals surface area contributed by atoms with Crippen molar-refractivity contribution in [1.82, 2.24) is 4.73 Å². The van der Waals surface area contributed by atoms with Crippen LogP contribution in [0, 0.1) is 25.9 Å². The molecule has 8 rings (SSSR count). The standard InChI is InChI=1S/C44H47INO9/c1-29-10-14-32(15-11-29)45-33-16-18-34(19-17-33)50-27-43(47)55-41-24-30(26-51-44(48)31-13-21-40-42(25-31)54-40)12-20-39(41)52-28-49-22-23-53-46-37-8-4-2-6-35(37)36-7-3-5-9-38(36)46/h2-11,14-19,30-31,39-42H,12-13,20-28H2,1H3/q-1. The average molecular weight is 861 g/mol. The number of halogens is 1. The zero-order chi connectivity index (χ0) is 37.6. The molecule has 0 N–H and O–H groups in total. The summed E-state index contributed by atoms with van der Waals surface area (Å²) in [7, 11) is 0. The Balaban J connectivity index is 0.825. The number of nitrogens with zero attached hydrogens (tertiary/aromatic N) is 1. The van der Waals surface area contributed by atoms with E-state index in [1.165, 1.54) is 12.7 Å². The van der Waals surface area contributed by atoms with Crippen LogP contribution in [-0.2, 0) is 33.3 Å². The van der Waals surface area contributed by atoms with Crippen LogP contribution >= 0.6 is 0 Å². The molecule has 55 heavy (non-hydrogen) atoms. The van der Waals surface area contributed by atoms with Crippen molar-refractivity contribution in [1.29, 1.82) is 0 Å². The number of benzene rings is 4. The second-order valence-electron chi connectivity index (χ2n) is 14.6. The summed E-state index contributed by atoms with van der Waals surface area (Å²) in [6.07, 6.45) is 4.02. The summed E-state index contributed by atoms with van der Waals surface area (Å²) in [5.74, 6) is -0.0892. The molecular weight excluding hydrogens is 813 g/mol. The fraction of sp³-hybridized carbons (Fsp3) is 0.409. The van der Waals surface area contributed by atoms with E-state index in [-0.39, 0.29) is 71.2 Å².